The lowest BCUT2D eigenvalue weighted by Crippen LogP contribution is -2.62. The van der Waals surface area contributed by atoms with Crippen LogP contribution in [0.2, 0.25) is 0 Å². The van der Waals surface area contributed by atoms with Gasteiger partial charge in [0.2, 0.25) is 41.4 Å². The third kappa shape index (κ3) is 14.1. The maximum Gasteiger partial charge on any atom is 0.326 e. The molecule has 20 nitrogen and oxygen atoms in total. The first kappa shape index (κ1) is 44.2. The minimum absolute atomic E-state index is 0.0522. The van der Waals surface area contributed by atoms with Crippen LogP contribution < -0.4 is 38.1 Å². The number of likely N-dealkylation sites (tertiary alicyclic amines) is 1. The number of carbonyl (C=O) groups excluding carboxylic acids is 7. The van der Waals surface area contributed by atoms with Crippen molar-refractivity contribution in [3.05, 3.63) is 0 Å². The highest BCUT2D eigenvalue weighted by Crippen LogP contribution is 2.19. The highest BCUT2D eigenvalue weighted by Gasteiger charge is 2.39. The van der Waals surface area contributed by atoms with Gasteiger partial charge in [-0.05, 0) is 44.9 Å². The number of nitrogens with one attached hydrogen (secondary N) is 5. The summed E-state index contributed by atoms with van der Waals surface area (Å²) in [6.07, 6.45) is -2.43. The van der Waals surface area contributed by atoms with E-state index in [-0.39, 0.29) is 25.3 Å². The third-order valence-electron chi connectivity index (χ3n) is 7.91. The van der Waals surface area contributed by atoms with E-state index in [0.717, 1.165) is 0 Å². The largest absolute Gasteiger partial charge is 0.481 e. The zero-order valence-corrected chi connectivity index (χ0v) is 29.6. The van der Waals surface area contributed by atoms with E-state index in [1.807, 2.05) is 0 Å². The van der Waals surface area contributed by atoms with Crippen LogP contribution in [-0.4, -0.2) is 128 Å². The lowest BCUT2D eigenvalue weighted by Gasteiger charge is -2.30. The van der Waals surface area contributed by atoms with Gasteiger partial charge in [0.15, 0.2) is 0 Å². The van der Waals surface area contributed by atoms with Crippen molar-refractivity contribution < 1.29 is 58.5 Å². The summed E-state index contributed by atoms with van der Waals surface area (Å²) in [6.45, 7) is 9.38. The third-order valence-corrected chi connectivity index (χ3v) is 7.91. The topological polar surface area (TPSA) is 330 Å². The van der Waals surface area contributed by atoms with E-state index >= 15 is 0 Å². The van der Waals surface area contributed by atoms with Gasteiger partial charge in [-0.2, -0.15) is 0 Å². The van der Waals surface area contributed by atoms with Gasteiger partial charge < -0.3 is 58.3 Å². The molecule has 1 heterocycles. The summed E-state index contributed by atoms with van der Waals surface area (Å²) in [5.41, 5.74) is 10.8. The number of aliphatic hydroxyl groups excluding tert-OH is 1. The van der Waals surface area contributed by atoms with Gasteiger partial charge in [0.25, 0.3) is 0 Å². The number of aliphatic hydroxyl groups is 1. The van der Waals surface area contributed by atoms with Crippen LogP contribution in [0, 0.1) is 11.8 Å². The Morgan fingerprint density at radius 1 is 0.725 bits per heavy atom. The molecule has 1 aliphatic heterocycles. The second-order valence-electron chi connectivity index (χ2n) is 13.4. The molecule has 0 unspecified atom stereocenters. The molecule has 20 heteroatoms. The van der Waals surface area contributed by atoms with Crippen LogP contribution in [0.25, 0.3) is 0 Å². The smallest absolute Gasteiger partial charge is 0.326 e. The fraction of sp³-hybridized carbons (Fsp3) is 0.710. The molecular formula is C31H52N8O12. The first-order valence-corrected chi connectivity index (χ1v) is 16.6. The molecule has 1 saturated heterocycles. The number of aliphatic carboxylic acids is 2. The molecule has 0 saturated carbocycles. The minimum atomic E-state index is -1.79. The molecule has 0 radical (unpaired) electrons. The molecule has 0 aromatic carbocycles. The molecule has 1 aliphatic rings. The summed E-state index contributed by atoms with van der Waals surface area (Å²) in [4.78, 5) is 114. The van der Waals surface area contributed by atoms with E-state index < -0.39 is 120 Å². The molecule has 12 N–H and O–H groups in total. The van der Waals surface area contributed by atoms with Crippen LogP contribution >= 0.6 is 0 Å². The normalized spacial score (nSPS) is 18.3. The maximum atomic E-state index is 13.4. The summed E-state index contributed by atoms with van der Waals surface area (Å²) in [7, 11) is 0. The van der Waals surface area contributed by atoms with E-state index in [2.05, 4.69) is 26.6 Å². The van der Waals surface area contributed by atoms with Crippen LogP contribution in [0.4, 0.5) is 0 Å². The lowest BCUT2D eigenvalue weighted by molar-refractivity contribution is -0.144. The Morgan fingerprint density at radius 2 is 1.25 bits per heavy atom. The first-order chi connectivity index (χ1) is 23.6. The molecule has 7 amide bonds. The van der Waals surface area contributed by atoms with E-state index in [4.69, 9.17) is 11.5 Å². The summed E-state index contributed by atoms with van der Waals surface area (Å²) < 4.78 is 0. The van der Waals surface area contributed by atoms with Crippen molar-refractivity contribution in [2.75, 3.05) is 6.54 Å². The zero-order valence-electron chi connectivity index (χ0n) is 29.6. The molecule has 288 valence electrons. The lowest BCUT2D eigenvalue weighted by atomic mass is 10.00. The first-order valence-electron chi connectivity index (χ1n) is 16.6. The van der Waals surface area contributed by atoms with Gasteiger partial charge in [-0.3, -0.25) is 38.4 Å². The number of primary amides is 1. The maximum absolute atomic E-state index is 13.4. The van der Waals surface area contributed by atoms with Crippen LogP contribution in [-0.2, 0) is 43.2 Å². The monoisotopic (exact) mass is 728 g/mol. The highest BCUT2D eigenvalue weighted by molar-refractivity contribution is 5.98. The van der Waals surface area contributed by atoms with E-state index in [9.17, 15) is 58.5 Å². The van der Waals surface area contributed by atoms with Gasteiger partial charge in [-0.1, -0.05) is 27.7 Å². The standard InChI is InChI=1S/C31H52N8O12/c1-13(2)10-17(25(44)36-19(31(50)51)11-21(33)41)34-26(45)18(12-22(42)43)35-28(47)23(14(3)4)37-29(48)24(16(6)40)38-27(46)20-8-7-9-39(20)30(49)15(5)32/h13-20,23-24,40H,7-12,32H2,1-6H3,(H2,33,41)(H,34,45)(H,35,47)(H,36,44)(H,37,48)(H,38,46)(H,42,43)(H,50,51)/t15-,16+,17-,18-,19-,20-,23-,24-/m0/s1. The van der Waals surface area contributed by atoms with Crippen molar-refractivity contribution >= 4 is 53.3 Å². The summed E-state index contributed by atoms with van der Waals surface area (Å²) in [5.74, 6) is -10.4. The molecule has 51 heavy (non-hydrogen) atoms. The molecule has 1 rings (SSSR count). The molecule has 0 aromatic rings. The van der Waals surface area contributed by atoms with Gasteiger partial charge in [0, 0.05) is 6.54 Å². The van der Waals surface area contributed by atoms with Gasteiger partial charge in [-0.25, -0.2) is 4.79 Å². The average Bonchev–Trinajstić information content (AvgIpc) is 3.49. The number of carboxylic acid groups (broad SMARTS) is 2. The number of carboxylic acids is 2. The van der Waals surface area contributed by atoms with Gasteiger partial charge in [0.1, 0.15) is 36.3 Å². The molecule has 0 bridgehead atoms. The number of nitrogens with zero attached hydrogens (tertiary/aromatic N) is 1. The van der Waals surface area contributed by atoms with Crippen molar-refractivity contribution in [2.24, 2.45) is 23.3 Å². The van der Waals surface area contributed by atoms with Gasteiger partial charge in [-0.15, -0.1) is 0 Å². The Kier molecular flexibility index (Phi) is 17.4. The summed E-state index contributed by atoms with van der Waals surface area (Å²) >= 11 is 0. The molecule has 1 fully saturated rings. The van der Waals surface area contributed by atoms with Crippen molar-refractivity contribution in [3.8, 4) is 0 Å². The molecule has 0 aromatic heterocycles. The van der Waals surface area contributed by atoms with Crippen molar-refractivity contribution in [2.45, 2.75) is 122 Å². The van der Waals surface area contributed by atoms with E-state index in [0.29, 0.717) is 6.42 Å². The van der Waals surface area contributed by atoms with Crippen molar-refractivity contribution in [1.29, 1.82) is 0 Å². The van der Waals surface area contributed by atoms with E-state index in [1.165, 1.54) is 32.6 Å². The van der Waals surface area contributed by atoms with Crippen LogP contribution in [0.5, 0.6) is 0 Å². The van der Waals surface area contributed by atoms with Crippen molar-refractivity contribution in [3.63, 3.8) is 0 Å². The second-order valence-corrected chi connectivity index (χ2v) is 13.4. The average molecular weight is 729 g/mol. The minimum Gasteiger partial charge on any atom is -0.481 e. The Bertz CT molecular complexity index is 1320. The van der Waals surface area contributed by atoms with Crippen LogP contribution in [0.1, 0.15) is 73.6 Å². The highest BCUT2D eigenvalue weighted by atomic mass is 16.4. The fourth-order valence-corrected chi connectivity index (χ4v) is 5.29. The Balaban J connectivity index is 3.19. The molecular weight excluding hydrogens is 676 g/mol. The number of nitrogens with two attached hydrogens (primary N) is 2. The summed E-state index contributed by atoms with van der Waals surface area (Å²) in [6, 6.07) is -9.76. The van der Waals surface area contributed by atoms with Gasteiger partial charge in [0.05, 0.1) is 25.0 Å². The summed E-state index contributed by atoms with van der Waals surface area (Å²) in [5, 5.41) is 40.8. The van der Waals surface area contributed by atoms with E-state index in [1.54, 1.807) is 13.8 Å². The van der Waals surface area contributed by atoms with Crippen LogP contribution in [0.15, 0.2) is 0 Å². The number of amides is 7. The second kappa shape index (κ2) is 20.1. The molecule has 0 spiro atoms. The fourth-order valence-electron chi connectivity index (χ4n) is 5.29. The van der Waals surface area contributed by atoms with Gasteiger partial charge >= 0.3 is 11.9 Å². The number of carbonyl (C=O) groups is 9. The number of hydrogen-bond acceptors (Lipinski definition) is 11. The Morgan fingerprint density at radius 3 is 1.73 bits per heavy atom. The number of hydrogen-bond donors (Lipinski definition) is 10. The Hall–Kier alpha value is -4.85. The van der Waals surface area contributed by atoms with Crippen LogP contribution in [0.3, 0.4) is 0 Å². The predicted octanol–water partition coefficient (Wildman–Crippen LogP) is -3.73. The predicted molar refractivity (Wildman–Crippen MR) is 178 cm³/mol. The SMILES string of the molecule is CC(C)C[C@H](NC(=O)[C@H](CC(=O)O)NC(=O)[C@@H](NC(=O)[C@@H](NC(=O)[C@@H]1CCCN1C(=O)[C@H](C)N)[C@@H](C)O)C(C)C)C(=O)N[C@@H](CC(N)=O)C(=O)O. The number of rotatable bonds is 20. The molecule has 0 aliphatic carbocycles. The molecule has 8 atom stereocenters. The zero-order chi connectivity index (χ0) is 39.3. The van der Waals surface area contributed by atoms with Crippen molar-refractivity contribution in [1.82, 2.24) is 31.5 Å². The Labute approximate surface area is 295 Å². The quantitative estimate of drug-likeness (QED) is 0.0577.